The lowest BCUT2D eigenvalue weighted by Gasteiger charge is -2.20. The molecular weight excluding hydrogens is 400 g/mol. The highest BCUT2D eigenvalue weighted by atomic mass is 79.9. The molecule has 0 spiro atoms. The molecule has 0 saturated heterocycles. The molecule has 2 aromatic rings. The summed E-state index contributed by atoms with van der Waals surface area (Å²) in [5.41, 5.74) is 1.61. The van der Waals surface area contributed by atoms with Gasteiger partial charge in [-0.25, -0.2) is 0 Å². The van der Waals surface area contributed by atoms with Gasteiger partial charge in [0.05, 0.1) is 10.6 Å². The van der Waals surface area contributed by atoms with Gasteiger partial charge in [-0.3, -0.25) is 14.9 Å². The Morgan fingerprint density at radius 3 is 2.31 bits per heavy atom. The topological polar surface area (TPSA) is 81.5 Å². The Hall–Kier alpha value is -2.41. The summed E-state index contributed by atoms with van der Waals surface area (Å²) >= 11 is 3.23. The first-order valence-corrected chi connectivity index (χ1v) is 8.89. The van der Waals surface area contributed by atoms with Crippen LogP contribution in [-0.2, 0) is 10.2 Å². The third-order valence-corrected chi connectivity index (χ3v) is 4.48. The number of rotatable bonds is 5. The Morgan fingerprint density at radius 1 is 1.19 bits per heavy atom. The third-order valence-electron chi connectivity index (χ3n) is 3.82. The van der Waals surface area contributed by atoms with Crippen LogP contribution in [0.1, 0.15) is 33.3 Å². The van der Waals surface area contributed by atoms with Crippen LogP contribution in [0.5, 0.6) is 5.75 Å². The average molecular weight is 421 g/mol. The van der Waals surface area contributed by atoms with E-state index in [4.69, 9.17) is 4.74 Å². The van der Waals surface area contributed by atoms with Crippen LogP contribution >= 0.6 is 15.9 Å². The minimum absolute atomic E-state index is 0.0454. The zero-order chi connectivity index (χ0) is 19.5. The number of nitrogens with zero attached hydrogens (tertiary/aromatic N) is 1. The molecule has 0 bridgehead atoms. The summed E-state index contributed by atoms with van der Waals surface area (Å²) in [6.45, 7) is 8.02. The number of nitrogens with one attached hydrogen (secondary N) is 1. The smallest absolute Gasteiger partial charge is 0.270 e. The molecule has 26 heavy (non-hydrogen) atoms. The maximum atomic E-state index is 12.3. The third kappa shape index (κ3) is 5.05. The number of halogens is 1. The summed E-state index contributed by atoms with van der Waals surface area (Å²) in [6.07, 6.45) is -0.724. The van der Waals surface area contributed by atoms with Gasteiger partial charge in [-0.05, 0) is 52.0 Å². The van der Waals surface area contributed by atoms with Crippen molar-refractivity contribution in [3.63, 3.8) is 0 Å². The van der Waals surface area contributed by atoms with E-state index in [-0.39, 0.29) is 17.0 Å². The second-order valence-corrected chi connectivity index (χ2v) is 7.80. The van der Waals surface area contributed by atoms with Crippen LogP contribution in [0, 0.1) is 10.1 Å². The van der Waals surface area contributed by atoms with Crippen LogP contribution in [0.4, 0.5) is 11.4 Å². The van der Waals surface area contributed by atoms with Gasteiger partial charge in [0.25, 0.3) is 11.6 Å². The fourth-order valence-electron chi connectivity index (χ4n) is 2.24. The molecule has 0 aliphatic rings. The number of anilines is 1. The molecule has 0 aliphatic carbocycles. The van der Waals surface area contributed by atoms with Gasteiger partial charge in [0, 0.05) is 16.6 Å². The summed E-state index contributed by atoms with van der Waals surface area (Å²) in [7, 11) is 0. The molecule has 138 valence electrons. The first-order chi connectivity index (χ1) is 12.1. The highest BCUT2D eigenvalue weighted by Gasteiger charge is 2.18. The Kier molecular flexibility index (Phi) is 6.02. The van der Waals surface area contributed by atoms with Gasteiger partial charge >= 0.3 is 0 Å². The van der Waals surface area contributed by atoms with Crippen LogP contribution < -0.4 is 10.1 Å². The molecule has 0 heterocycles. The fourth-order valence-corrected chi connectivity index (χ4v) is 2.71. The van der Waals surface area contributed by atoms with Crippen molar-refractivity contribution in [3.8, 4) is 5.75 Å². The predicted octanol–water partition coefficient (Wildman–Crippen LogP) is 5.06. The number of nitro benzene ring substituents is 1. The molecule has 0 fully saturated rings. The van der Waals surface area contributed by atoms with E-state index < -0.39 is 11.0 Å². The summed E-state index contributed by atoms with van der Waals surface area (Å²) < 4.78 is 6.11. The monoisotopic (exact) mass is 420 g/mol. The minimum atomic E-state index is -0.724. The molecule has 0 aliphatic heterocycles. The second kappa shape index (κ2) is 7.86. The van der Waals surface area contributed by atoms with E-state index in [2.05, 4.69) is 42.0 Å². The second-order valence-electron chi connectivity index (χ2n) is 6.94. The van der Waals surface area contributed by atoms with Crippen molar-refractivity contribution in [2.75, 3.05) is 5.32 Å². The molecule has 1 N–H and O–H groups in total. The van der Waals surface area contributed by atoms with E-state index in [1.807, 2.05) is 24.3 Å². The van der Waals surface area contributed by atoms with E-state index in [0.29, 0.717) is 15.9 Å². The summed E-state index contributed by atoms with van der Waals surface area (Å²) in [5.74, 6) is 0.253. The standard InChI is InChI=1S/C19H21BrN2O4/c1-12(26-15-8-5-13(6-9-15)19(2,3)4)18(23)21-17-10-7-14(22(24)25)11-16(17)20/h5-12H,1-4H3,(H,21,23). The molecule has 0 radical (unpaired) electrons. The molecular formula is C19H21BrN2O4. The van der Waals surface area contributed by atoms with E-state index in [0.717, 1.165) is 0 Å². The number of ether oxygens (including phenoxy) is 1. The van der Waals surface area contributed by atoms with Crippen molar-refractivity contribution in [3.05, 3.63) is 62.6 Å². The van der Waals surface area contributed by atoms with Crippen molar-refractivity contribution in [2.45, 2.75) is 39.2 Å². The van der Waals surface area contributed by atoms with Gasteiger partial charge in [-0.2, -0.15) is 0 Å². The summed E-state index contributed by atoms with van der Waals surface area (Å²) in [5, 5.41) is 13.5. The zero-order valence-electron chi connectivity index (χ0n) is 15.1. The first kappa shape index (κ1) is 19.9. The number of carbonyl (C=O) groups excluding carboxylic acids is 1. The number of benzene rings is 2. The minimum Gasteiger partial charge on any atom is -0.481 e. The molecule has 2 aromatic carbocycles. The van der Waals surface area contributed by atoms with Crippen molar-refractivity contribution >= 4 is 33.2 Å². The van der Waals surface area contributed by atoms with Crippen LogP contribution in [0.2, 0.25) is 0 Å². The quantitative estimate of drug-likeness (QED) is 0.541. The molecule has 1 amide bonds. The van der Waals surface area contributed by atoms with Crippen molar-refractivity contribution in [2.24, 2.45) is 0 Å². The van der Waals surface area contributed by atoms with E-state index in [1.165, 1.54) is 23.8 Å². The van der Waals surface area contributed by atoms with E-state index >= 15 is 0 Å². The van der Waals surface area contributed by atoms with Gasteiger partial charge in [-0.1, -0.05) is 32.9 Å². The lowest BCUT2D eigenvalue weighted by Crippen LogP contribution is -2.30. The number of carbonyl (C=O) groups is 1. The Labute approximate surface area is 160 Å². The molecule has 2 rings (SSSR count). The summed E-state index contributed by atoms with van der Waals surface area (Å²) in [6, 6.07) is 11.8. The van der Waals surface area contributed by atoms with Gasteiger partial charge < -0.3 is 10.1 Å². The van der Waals surface area contributed by atoms with E-state index in [9.17, 15) is 14.9 Å². The lowest BCUT2D eigenvalue weighted by molar-refractivity contribution is -0.384. The number of non-ortho nitro benzene ring substituents is 1. The van der Waals surface area contributed by atoms with Crippen LogP contribution in [0.3, 0.4) is 0 Å². The zero-order valence-corrected chi connectivity index (χ0v) is 16.7. The molecule has 0 saturated carbocycles. The maximum absolute atomic E-state index is 12.3. The fraction of sp³-hybridized carbons (Fsp3) is 0.316. The predicted molar refractivity (Wildman–Crippen MR) is 105 cm³/mol. The Balaban J connectivity index is 2.02. The molecule has 7 heteroatoms. The van der Waals surface area contributed by atoms with Gasteiger partial charge in [0.2, 0.25) is 0 Å². The number of nitro groups is 1. The SMILES string of the molecule is CC(Oc1ccc(C(C)(C)C)cc1)C(=O)Nc1ccc([N+](=O)[O-])cc1Br. The van der Waals surface area contributed by atoms with Crippen molar-refractivity contribution in [1.29, 1.82) is 0 Å². The van der Waals surface area contributed by atoms with Crippen molar-refractivity contribution in [1.82, 2.24) is 0 Å². The summed E-state index contributed by atoms with van der Waals surface area (Å²) in [4.78, 5) is 22.6. The van der Waals surface area contributed by atoms with Crippen LogP contribution in [0.25, 0.3) is 0 Å². The van der Waals surface area contributed by atoms with Crippen LogP contribution in [0.15, 0.2) is 46.9 Å². The van der Waals surface area contributed by atoms with Crippen molar-refractivity contribution < 1.29 is 14.5 Å². The van der Waals surface area contributed by atoms with Gasteiger partial charge in [0.1, 0.15) is 5.75 Å². The highest BCUT2D eigenvalue weighted by molar-refractivity contribution is 9.10. The number of hydrogen-bond donors (Lipinski definition) is 1. The van der Waals surface area contributed by atoms with Gasteiger partial charge in [-0.15, -0.1) is 0 Å². The average Bonchev–Trinajstić information content (AvgIpc) is 2.56. The first-order valence-electron chi connectivity index (χ1n) is 8.10. The molecule has 1 unspecified atom stereocenters. The van der Waals surface area contributed by atoms with Gasteiger partial charge in [0.15, 0.2) is 6.10 Å². The number of amides is 1. The Morgan fingerprint density at radius 2 is 1.81 bits per heavy atom. The largest absolute Gasteiger partial charge is 0.481 e. The van der Waals surface area contributed by atoms with Crippen LogP contribution in [-0.4, -0.2) is 16.9 Å². The maximum Gasteiger partial charge on any atom is 0.270 e. The molecule has 6 nitrogen and oxygen atoms in total. The molecule has 1 atom stereocenters. The highest BCUT2D eigenvalue weighted by Crippen LogP contribution is 2.28. The lowest BCUT2D eigenvalue weighted by atomic mass is 9.87. The number of hydrogen-bond acceptors (Lipinski definition) is 4. The molecule has 0 aromatic heterocycles. The normalized spacial score (nSPS) is 12.3. The Bertz CT molecular complexity index is 813. The van der Waals surface area contributed by atoms with E-state index in [1.54, 1.807) is 6.92 Å².